The molecule has 0 rings (SSSR count). The van der Waals surface area contributed by atoms with Gasteiger partial charge in [-0.1, -0.05) is 63.8 Å². The van der Waals surface area contributed by atoms with E-state index in [4.69, 9.17) is 0 Å². The smallest absolute Gasteiger partial charge is 0.0285 e. The number of hydrogen-bond acceptors (Lipinski definition) is 0. The normalized spacial score (nSPS) is 11.0. The molecule has 0 aromatic carbocycles. The van der Waals surface area contributed by atoms with Crippen LogP contribution in [0.3, 0.4) is 0 Å². The predicted octanol–water partition coefficient (Wildman–Crippen LogP) is 5.26. The Bertz CT molecular complexity index is 153. The van der Waals surface area contributed by atoms with Crippen LogP contribution in [0.5, 0.6) is 0 Å². The summed E-state index contributed by atoms with van der Waals surface area (Å²) in [5.74, 6) is 0. The van der Waals surface area contributed by atoms with Gasteiger partial charge in [-0.2, -0.15) is 0 Å². The van der Waals surface area contributed by atoms with Gasteiger partial charge in [0.15, 0.2) is 0 Å². The molecule has 0 aromatic rings. The molecule has 0 saturated carbocycles. The predicted molar refractivity (Wildman–Crippen MR) is 66.6 cm³/mol. The van der Waals surface area contributed by atoms with Gasteiger partial charge in [0.2, 0.25) is 0 Å². The first-order chi connectivity index (χ1) is 6.81. The highest BCUT2D eigenvalue weighted by atomic mass is 13.9. The van der Waals surface area contributed by atoms with Crippen LogP contribution in [0.15, 0.2) is 24.3 Å². The topological polar surface area (TPSA) is 0 Å². The Morgan fingerprint density at radius 3 is 2.36 bits per heavy atom. The molecular weight excluding hydrogens is 168 g/mol. The largest absolute Gasteiger partial charge is 0.0958 e. The molecule has 0 heterocycles. The van der Waals surface area contributed by atoms with Crippen molar-refractivity contribution in [1.29, 1.82) is 0 Å². The van der Waals surface area contributed by atoms with Gasteiger partial charge in [-0.05, 0) is 25.7 Å². The Kier molecular flexibility index (Phi) is 10.2. The van der Waals surface area contributed by atoms with Crippen LogP contribution in [0.4, 0.5) is 0 Å². The molecule has 0 N–H and O–H groups in total. The van der Waals surface area contributed by atoms with Gasteiger partial charge in [0.25, 0.3) is 0 Å². The zero-order valence-corrected chi connectivity index (χ0v) is 10.0. The van der Waals surface area contributed by atoms with Crippen molar-refractivity contribution in [2.24, 2.45) is 0 Å². The monoisotopic (exact) mass is 194 g/mol. The minimum Gasteiger partial charge on any atom is -0.0958 e. The minimum atomic E-state index is 1.17. The summed E-state index contributed by atoms with van der Waals surface area (Å²) in [6.45, 7) is 8.52. The Hall–Kier alpha value is -0.520. The molecule has 0 aromatic heterocycles. The average molecular weight is 194 g/mol. The lowest BCUT2D eigenvalue weighted by Gasteiger charge is -1.97. The summed E-state index contributed by atoms with van der Waals surface area (Å²) in [4.78, 5) is 0. The number of allylic oxidation sites excluding steroid dienone is 3. The highest BCUT2D eigenvalue weighted by Gasteiger charge is 1.88. The van der Waals surface area contributed by atoms with Crippen molar-refractivity contribution in [3.8, 4) is 0 Å². The van der Waals surface area contributed by atoms with E-state index < -0.39 is 0 Å². The molecule has 82 valence electrons. The lowest BCUT2D eigenvalue weighted by Crippen LogP contribution is -1.77. The van der Waals surface area contributed by atoms with E-state index in [1.165, 1.54) is 56.9 Å². The third-order valence-electron chi connectivity index (χ3n) is 2.43. The second-order valence-electron chi connectivity index (χ2n) is 4.01. The molecule has 0 amide bonds. The molecule has 0 aliphatic heterocycles. The molecule has 0 fully saturated rings. The van der Waals surface area contributed by atoms with Gasteiger partial charge in [0, 0.05) is 0 Å². The Morgan fingerprint density at radius 2 is 1.71 bits per heavy atom. The van der Waals surface area contributed by atoms with E-state index in [-0.39, 0.29) is 0 Å². The zero-order valence-electron chi connectivity index (χ0n) is 10.0. The maximum Gasteiger partial charge on any atom is -0.0285 e. The van der Waals surface area contributed by atoms with Gasteiger partial charge in [-0.15, -0.1) is 0 Å². The minimum absolute atomic E-state index is 1.17. The van der Waals surface area contributed by atoms with Crippen molar-refractivity contribution in [2.45, 2.75) is 65.2 Å². The van der Waals surface area contributed by atoms with Gasteiger partial charge < -0.3 is 0 Å². The Morgan fingerprint density at radius 1 is 1.00 bits per heavy atom. The first-order valence-corrected chi connectivity index (χ1v) is 6.15. The highest BCUT2D eigenvalue weighted by molar-refractivity contribution is 5.13. The average Bonchev–Trinajstić information content (AvgIpc) is 2.20. The van der Waals surface area contributed by atoms with E-state index in [0.717, 1.165) is 0 Å². The first kappa shape index (κ1) is 13.5. The summed E-state index contributed by atoms with van der Waals surface area (Å²) in [6.07, 6.45) is 14.9. The van der Waals surface area contributed by atoms with E-state index in [9.17, 15) is 0 Å². The molecule has 0 aliphatic carbocycles. The molecule has 14 heavy (non-hydrogen) atoms. The van der Waals surface area contributed by atoms with Crippen LogP contribution in [0.2, 0.25) is 0 Å². The number of hydrogen-bond donors (Lipinski definition) is 0. The van der Waals surface area contributed by atoms with E-state index in [1.807, 2.05) is 0 Å². The zero-order chi connectivity index (χ0) is 10.6. The molecule has 0 saturated heterocycles. The van der Waals surface area contributed by atoms with Crippen molar-refractivity contribution in [1.82, 2.24) is 0 Å². The van der Waals surface area contributed by atoms with Crippen molar-refractivity contribution in [3.05, 3.63) is 24.3 Å². The van der Waals surface area contributed by atoms with Crippen LogP contribution in [-0.2, 0) is 0 Å². The Balaban J connectivity index is 3.28. The molecular formula is C14H26. The van der Waals surface area contributed by atoms with Gasteiger partial charge in [-0.3, -0.25) is 0 Å². The van der Waals surface area contributed by atoms with E-state index in [2.05, 4.69) is 32.6 Å². The number of rotatable bonds is 9. The van der Waals surface area contributed by atoms with Crippen molar-refractivity contribution in [3.63, 3.8) is 0 Å². The summed E-state index contributed by atoms with van der Waals surface area (Å²) >= 11 is 0. The first-order valence-electron chi connectivity index (χ1n) is 6.15. The quantitative estimate of drug-likeness (QED) is 0.347. The van der Waals surface area contributed by atoms with Crippen molar-refractivity contribution in [2.75, 3.05) is 0 Å². The lowest BCUT2D eigenvalue weighted by atomic mass is 10.1. The Labute approximate surface area is 90.1 Å². The fraction of sp³-hybridized carbons (Fsp3) is 0.714. The van der Waals surface area contributed by atoms with Gasteiger partial charge >= 0.3 is 0 Å². The van der Waals surface area contributed by atoms with Crippen LogP contribution in [0, 0.1) is 0 Å². The SMILES string of the molecule is C=C(C=CCCCCCC)CCCC. The van der Waals surface area contributed by atoms with E-state index in [0.29, 0.717) is 0 Å². The van der Waals surface area contributed by atoms with Crippen molar-refractivity contribution >= 4 is 0 Å². The third kappa shape index (κ3) is 9.57. The maximum atomic E-state index is 4.04. The van der Waals surface area contributed by atoms with Crippen LogP contribution in [0.25, 0.3) is 0 Å². The molecule has 0 radical (unpaired) electrons. The number of unbranched alkanes of at least 4 members (excludes halogenated alkanes) is 5. The third-order valence-corrected chi connectivity index (χ3v) is 2.43. The fourth-order valence-electron chi connectivity index (χ4n) is 1.43. The summed E-state index contributed by atoms with van der Waals surface area (Å²) in [7, 11) is 0. The second-order valence-corrected chi connectivity index (χ2v) is 4.01. The molecule has 0 spiro atoms. The van der Waals surface area contributed by atoms with Gasteiger partial charge in [0.05, 0.1) is 0 Å². The maximum absolute atomic E-state index is 4.04. The van der Waals surface area contributed by atoms with Gasteiger partial charge in [0.1, 0.15) is 0 Å². The summed E-state index contributed by atoms with van der Waals surface area (Å²) in [5, 5.41) is 0. The molecule has 0 unspecified atom stereocenters. The van der Waals surface area contributed by atoms with Crippen molar-refractivity contribution < 1.29 is 0 Å². The van der Waals surface area contributed by atoms with Crippen LogP contribution < -0.4 is 0 Å². The highest BCUT2D eigenvalue weighted by Crippen LogP contribution is 2.08. The van der Waals surface area contributed by atoms with E-state index in [1.54, 1.807) is 0 Å². The van der Waals surface area contributed by atoms with Crippen LogP contribution in [-0.4, -0.2) is 0 Å². The fourth-order valence-corrected chi connectivity index (χ4v) is 1.43. The summed E-state index contributed by atoms with van der Waals surface area (Å²) in [5.41, 5.74) is 1.29. The van der Waals surface area contributed by atoms with E-state index >= 15 is 0 Å². The summed E-state index contributed by atoms with van der Waals surface area (Å²) < 4.78 is 0. The summed E-state index contributed by atoms with van der Waals surface area (Å²) in [6, 6.07) is 0. The van der Waals surface area contributed by atoms with Crippen LogP contribution in [0.1, 0.15) is 65.2 Å². The molecule has 0 heteroatoms. The molecule has 0 atom stereocenters. The van der Waals surface area contributed by atoms with Gasteiger partial charge in [-0.25, -0.2) is 0 Å². The lowest BCUT2D eigenvalue weighted by molar-refractivity contribution is 0.674. The molecule has 0 nitrogen and oxygen atoms in total. The molecule has 0 bridgehead atoms. The second kappa shape index (κ2) is 10.6. The van der Waals surface area contributed by atoms with Crippen LogP contribution >= 0.6 is 0 Å². The molecule has 0 aliphatic rings. The standard InChI is InChI=1S/C14H26/c1-4-6-8-9-10-11-13-14(3)12-7-5-2/h11,13H,3-10,12H2,1-2H3.